The summed E-state index contributed by atoms with van der Waals surface area (Å²) in [7, 11) is -2.57. The molecule has 0 fully saturated rings. The zero-order valence-corrected chi connectivity index (χ0v) is 19.9. The lowest BCUT2D eigenvalue weighted by atomic mass is 10.1. The van der Waals surface area contributed by atoms with Gasteiger partial charge in [0.2, 0.25) is 5.91 Å². The fourth-order valence-corrected chi connectivity index (χ4v) is 4.06. The van der Waals surface area contributed by atoms with E-state index in [1.54, 1.807) is 32.9 Å². The number of anilines is 1. The first-order valence-electron chi connectivity index (χ1n) is 10.5. The van der Waals surface area contributed by atoms with Gasteiger partial charge < -0.3 is 14.8 Å². The topological polar surface area (TPSA) is 127 Å². The molecular formula is C21H30N4O6S. The van der Waals surface area contributed by atoms with Crippen molar-refractivity contribution in [1.29, 1.82) is 0 Å². The number of esters is 1. The normalized spacial score (nSPS) is 14.8. The van der Waals surface area contributed by atoms with E-state index in [0.29, 0.717) is 17.9 Å². The number of hydrogen-bond acceptors (Lipinski definition) is 8. The number of hydrogen-bond donors (Lipinski definition) is 1. The monoisotopic (exact) mass is 466 g/mol. The summed E-state index contributed by atoms with van der Waals surface area (Å²) in [6, 6.07) is 4.53. The largest absolute Gasteiger partial charge is 0.497 e. The van der Waals surface area contributed by atoms with Gasteiger partial charge in [0.05, 0.1) is 25.8 Å². The molecule has 11 heteroatoms. The van der Waals surface area contributed by atoms with Crippen LogP contribution < -0.4 is 10.1 Å². The highest BCUT2D eigenvalue weighted by molar-refractivity contribution is 7.90. The van der Waals surface area contributed by atoms with E-state index in [0.717, 1.165) is 6.42 Å². The van der Waals surface area contributed by atoms with Crippen LogP contribution >= 0.6 is 0 Å². The average Bonchev–Trinajstić information content (AvgIpc) is 2.73. The molecule has 0 saturated heterocycles. The van der Waals surface area contributed by atoms with E-state index in [1.807, 2.05) is 6.92 Å². The van der Waals surface area contributed by atoms with Crippen LogP contribution in [-0.4, -0.2) is 57.1 Å². The zero-order valence-electron chi connectivity index (χ0n) is 19.0. The summed E-state index contributed by atoms with van der Waals surface area (Å²) in [4.78, 5) is 25.2. The molecule has 2 rings (SSSR count). The number of sulfonamides is 1. The molecule has 1 aliphatic heterocycles. The molecule has 10 nitrogen and oxygen atoms in total. The van der Waals surface area contributed by atoms with Gasteiger partial charge in [0.15, 0.2) is 0 Å². The minimum atomic E-state index is -4.00. The first-order valence-corrected chi connectivity index (χ1v) is 11.9. The van der Waals surface area contributed by atoms with E-state index in [1.165, 1.54) is 18.2 Å². The third-order valence-corrected chi connectivity index (χ3v) is 5.92. The molecule has 1 aromatic rings. The fourth-order valence-electron chi connectivity index (χ4n) is 2.90. The Morgan fingerprint density at radius 3 is 2.56 bits per heavy atom. The van der Waals surface area contributed by atoms with E-state index >= 15 is 0 Å². The molecule has 0 aliphatic carbocycles. The first-order chi connectivity index (χ1) is 15.1. The molecule has 1 N–H and O–H groups in total. The Bertz CT molecular complexity index is 1020. The molecule has 0 bridgehead atoms. The number of methoxy groups -OCH3 is 1. The molecule has 0 atom stereocenters. The number of fused-ring (bicyclic) bond motifs is 1. The van der Waals surface area contributed by atoms with Crippen LogP contribution in [0.2, 0.25) is 0 Å². The number of ether oxygens (including phenoxy) is 2. The summed E-state index contributed by atoms with van der Waals surface area (Å²) in [5.74, 6) is -0.983. The minimum absolute atomic E-state index is 0.0217. The van der Waals surface area contributed by atoms with Crippen LogP contribution in [0.4, 0.5) is 5.69 Å². The Hall–Kier alpha value is -2.95. The van der Waals surface area contributed by atoms with Crippen molar-refractivity contribution in [2.45, 2.75) is 51.9 Å². The Labute approximate surface area is 188 Å². The van der Waals surface area contributed by atoms with Gasteiger partial charge in [-0.2, -0.15) is 13.5 Å². The number of unbranched alkanes of at least 4 members (excludes halogenated alkanes) is 1. The van der Waals surface area contributed by atoms with Crippen LogP contribution in [0.1, 0.15) is 47.0 Å². The van der Waals surface area contributed by atoms with Crippen LogP contribution in [0.5, 0.6) is 5.75 Å². The van der Waals surface area contributed by atoms with Gasteiger partial charge in [-0.05, 0) is 25.5 Å². The number of amidine groups is 1. The summed E-state index contributed by atoms with van der Waals surface area (Å²) in [5.41, 5.74) is 0.432. The number of carbonyl (C=O) groups is 2. The van der Waals surface area contributed by atoms with Crippen LogP contribution in [0, 0.1) is 5.92 Å². The highest BCUT2D eigenvalue weighted by Gasteiger charge is 2.28. The third kappa shape index (κ3) is 6.28. The van der Waals surface area contributed by atoms with Crippen LogP contribution in [0.25, 0.3) is 0 Å². The maximum Gasteiger partial charge on any atom is 0.354 e. The Balaban J connectivity index is 2.31. The number of carbonyl (C=O) groups excluding carboxylic acids is 2. The molecule has 0 saturated carbocycles. The second-order valence-electron chi connectivity index (χ2n) is 7.41. The maximum absolute atomic E-state index is 13.0. The van der Waals surface area contributed by atoms with Gasteiger partial charge >= 0.3 is 5.97 Å². The lowest BCUT2D eigenvalue weighted by Crippen LogP contribution is -2.35. The Morgan fingerprint density at radius 2 is 1.97 bits per heavy atom. The predicted octanol–water partition coefficient (Wildman–Crippen LogP) is 2.80. The highest BCUT2D eigenvalue weighted by Crippen LogP contribution is 2.31. The lowest BCUT2D eigenvalue weighted by Gasteiger charge is -2.22. The summed E-state index contributed by atoms with van der Waals surface area (Å²) in [6.45, 7) is 7.68. The predicted molar refractivity (Wildman–Crippen MR) is 121 cm³/mol. The SMILES string of the molecule is CCCCN(N=C(C(=O)OCC)C(C)C)C(=O)CC1=NS(=O)(=O)c2cc(OC)ccc2N1. The van der Waals surface area contributed by atoms with E-state index in [-0.39, 0.29) is 41.9 Å². The molecule has 0 unspecified atom stereocenters. The van der Waals surface area contributed by atoms with Gasteiger partial charge in [0, 0.05) is 18.5 Å². The van der Waals surface area contributed by atoms with Gasteiger partial charge in [0.1, 0.15) is 22.2 Å². The van der Waals surface area contributed by atoms with Crippen molar-refractivity contribution in [1.82, 2.24) is 5.01 Å². The van der Waals surface area contributed by atoms with Crippen molar-refractivity contribution < 1.29 is 27.5 Å². The maximum atomic E-state index is 13.0. The molecule has 0 spiro atoms. The summed E-state index contributed by atoms with van der Waals surface area (Å²) in [5, 5.41) is 8.36. The van der Waals surface area contributed by atoms with Crippen molar-refractivity contribution in [3.8, 4) is 5.75 Å². The van der Waals surface area contributed by atoms with Gasteiger partial charge in [-0.1, -0.05) is 27.2 Å². The highest BCUT2D eigenvalue weighted by atomic mass is 32.2. The van der Waals surface area contributed by atoms with Crippen LogP contribution in [-0.2, 0) is 24.3 Å². The van der Waals surface area contributed by atoms with E-state index < -0.39 is 21.9 Å². The first kappa shape index (κ1) is 25.3. The Morgan fingerprint density at radius 1 is 1.25 bits per heavy atom. The molecule has 0 aromatic heterocycles. The zero-order chi connectivity index (χ0) is 23.9. The van der Waals surface area contributed by atoms with Gasteiger partial charge in [-0.15, -0.1) is 4.40 Å². The lowest BCUT2D eigenvalue weighted by molar-refractivity contribution is -0.135. The molecule has 0 radical (unpaired) electrons. The number of nitrogens with one attached hydrogen (secondary N) is 1. The molecular weight excluding hydrogens is 436 g/mol. The summed E-state index contributed by atoms with van der Waals surface area (Å²) < 4.78 is 39.1. The number of amides is 1. The number of benzene rings is 1. The van der Waals surface area contributed by atoms with E-state index in [9.17, 15) is 18.0 Å². The van der Waals surface area contributed by atoms with E-state index in [4.69, 9.17) is 9.47 Å². The molecule has 176 valence electrons. The second kappa shape index (κ2) is 11.1. The second-order valence-corrected chi connectivity index (χ2v) is 8.98. The third-order valence-electron chi connectivity index (χ3n) is 4.57. The molecule has 1 aromatic carbocycles. The molecule has 1 amide bonds. The molecule has 1 aliphatic rings. The van der Waals surface area contributed by atoms with Crippen molar-refractivity contribution in [2.75, 3.05) is 25.6 Å². The standard InChI is InChI=1S/C21H30N4O6S/c1-6-8-11-25(23-20(14(3)4)21(27)31-7-2)19(26)13-18-22-16-10-9-15(30-5)12-17(16)32(28,29)24-18/h9-10,12,14H,6-8,11,13H2,1-5H3,(H,22,24). The van der Waals surface area contributed by atoms with Crippen LogP contribution in [0.15, 0.2) is 32.6 Å². The van der Waals surface area contributed by atoms with Gasteiger partial charge in [-0.3, -0.25) is 4.79 Å². The molecule has 32 heavy (non-hydrogen) atoms. The quantitative estimate of drug-likeness (QED) is 0.319. The minimum Gasteiger partial charge on any atom is -0.497 e. The molecule has 1 heterocycles. The van der Waals surface area contributed by atoms with Crippen molar-refractivity contribution in [2.24, 2.45) is 15.4 Å². The van der Waals surface area contributed by atoms with Gasteiger partial charge in [0.25, 0.3) is 10.0 Å². The van der Waals surface area contributed by atoms with E-state index in [2.05, 4.69) is 14.8 Å². The van der Waals surface area contributed by atoms with Crippen LogP contribution in [0.3, 0.4) is 0 Å². The van der Waals surface area contributed by atoms with Crippen molar-refractivity contribution >= 4 is 39.1 Å². The van der Waals surface area contributed by atoms with Crippen molar-refractivity contribution in [3.05, 3.63) is 18.2 Å². The summed E-state index contributed by atoms with van der Waals surface area (Å²) in [6.07, 6.45) is 1.13. The fraction of sp³-hybridized carbons (Fsp3) is 0.524. The average molecular weight is 467 g/mol. The summed E-state index contributed by atoms with van der Waals surface area (Å²) >= 11 is 0. The smallest absolute Gasteiger partial charge is 0.354 e. The van der Waals surface area contributed by atoms with Crippen molar-refractivity contribution in [3.63, 3.8) is 0 Å². The Kier molecular flexibility index (Phi) is 8.76. The number of hydrazone groups is 1. The number of nitrogens with zero attached hydrogens (tertiary/aromatic N) is 3. The van der Waals surface area contributed by atoms with Gasteiger partial charge in [-0.25, -0.2) is 9.80 Å². The number of rotatable bonds is 10.